The SMILES string of the molecule is Cl.O=C(CC1COCCN1)NC12CC3CC(CC(C3)C1)C2. The predicted molar refractivity (Wildman–Crippen MR) is 83.5 cm³/mol. The van der Waals surface area contributed by atoms with Crippen molar-refractivity contribution in [3.8, 4) is 0 Å². The number of hydrogen-bond donors (Lipinski definition) is 2. The van der Waals surface area contributed by atoms with Crippen LogP contribution in [-0.4, -0.2) is 37.2 Å². The van der Waals surface area contributed by atoms with Crippen molar-refractivity contribution in [2.75, 3.05) is 19.8 Å². The molecule has 1 heterocycles. The number of carbonyl (C=O) groups excluding carboxylic acids is 1. The number of nitrogens with one attached hydrogen (secondary N) is 2. The van der Waals surface area contributed by atoms with E-state index in [1.807, 2.05) is 0 Å². The van der Waals surface area contributed by atoms with Crippen molar-refractivity contribution in [1.82, 2.24) is 10.6 Å². The fraction of sp³-hybridized carbons (Fsp3) is 0.938. The molecular formula is C16H27ClN2O2. The zero-order valence-corrected chi connectivity index (χ0v) is 13.4. The van der Waals surface area contributed by atoms with Gasteiger partial charge in [-0.25, -0.2) is 0 Å². The van der Waals surface area contributed by atoms with Crippen LogP contribution in [0, 0.1) is 17.8 Å². The highest BCUT2D eigenvalue weighted by molar-refractivity contribution is 5.85. The number of rotatable bonds is 3. The molecule has 0 aromatic heterocycles. The van der Waals surface area contributed by atoms with Crippen molar-refractivity contribution < 1.29 is 9.53 Å². The molecule has 0 spiro atoms. The van der Waals surface area contributed by atoms with E-state index < -0.39 is 0 Å². The van der Waals surface area contributed by atoms with E-state index in [4.69, 9.17) is 4.74 Å². The Morgan fingerprint density at radius 2 is 1.76 bits per heavy atom. The Hall–Kier alpha value is -0.320. The minimum Gasteiger partial charge on any atom is -0.378 e. The van der Waals surface area contributed by atoms with Gasteiger partial charge in [0.05, 0.1) is 13.2 Å². The molecule has 0 aromatic rings. The standard InChI is InChI=1S/C16H26N2O2.ClH/c19-15(6-14-10-20-2-1-17-14)18-16-7-11-3-12(8-16)5-13(4-11)9-16;/h11-14,17H,1-10H2,(H,18,19);1H. The van der Waals surface area contributed by atoms with Gasteiger partial charge in [0.2, 0.25) is 5.91 Å². The summed E-state index contributed by atoms with van der Waals surface area (Å²) in [6.07, 6.45) is 8.55. The average Bonchev–Trinajstić information content (AvgIpc) is 2.37. The minimum atomic E-state index is 0. The molecule has 1 aliphatic heterocycles. The molecule has 1 atom stereocenters. The van der Waals surface area contributed by atoms with Gasteiger partial charge in [-0.05, 0) is 56.3 Å². The van der Waals surface area contributed by atoms with Crippen molar-refractivity contribution in [3.63, 3.8) is 0 Å². The summed E-state index contributed by atoms with van der Waals surface area (Å²) in [7, 11) is 0. The summed E-state index contributed by atoms with van der Waals surface area (Å²) >= 11 is 0. The lowest BCUT2D eigenvalue weighted by atomic mass is 9.53. The molecule has 21 heavy (non-hydrogen) atoms. The topological polar surface area (TPSA) is 50.4 Å². The number of morpholine rings is 1. The molecular weight excluding hydrogens is 288 g/mol. The largest absolute Gasteiger partial charge is 0.378 e. The van der Waals surface area contributed by atoms with E-state index in [1.54, 1.807) is 0 Å². The molecule has 2 N–H and O–H groups in total. The zero-order chi connectivity index (χ0) is 13.6. The minimum absolute atomic E-state index is 0. The normalized spacial score (nSPS) is 44.2. The molecule has 5 rings (SSSR count). The molecule has 5 aliphatic rings. The maximum atomic E-state index is 12.4. The predicted octanol–water partition coefficient (Wildman–Crippen LogP) is 1.87. The molecule has 1 saturated heterocycles. The second-order valence-corrected chi connectivity index (χ2v) is 7.68. The summed E-state index contributed by atoms with van der Waals surface area (Å²) in [6.45, 7) is 2.32. The van der Waals surface area contributed by atoms with Crippen LogP contribution in [0.3, 0.4) is 0 Å². The molecule has 4 saturated carbocycles. The summed E-state index contributed by atoms with van der Waals surface area (Å²) < 4.78 is 5.43. The Bertz CT molecular complexity index is 360. The van der Waals surface area contributed by atoms with Crippen LogP contribution in [0.25, 0.3) is 0 Å². The van der Waals surface area contributed by atoms with Crippen molar-refractivity contribution in [3.05, 3.63) is 0 Å². The quantitative estimate of drug-likeness (QED) is 0.836. The third-order valence-electron chi connectivity index (χ3n) is 5.87. The fourth-order valence-electron chi connectivity index (χ4n) is 5.59. The van der Waals surface area contributed by atoms with Gasteiger partial charge < -0.3 is 15.4 Å². The number of ether oxygens (including phenoxy) is 1. The Morgan fingerprint density at radius 1 is 1.14 bits per heavy atom. The number of halogens is 1. The Kier molecular flexibility index (Phi) is 4.49. The van der Waals surface area contributed by atoms with E-state index in [9.17, 15) is 4.79 Å². The van der Waals surface area contributed by atoms with Crippen molar-refractivity contribution >= 4 is 18.3 Å². The van der Waals surface area contributed by atoms with E-state index in [-0.39, 0.29) is 29.9 Å². The molecule has 1 unspecified atom stereocenters. The van der Waals surface area contributed by atoms with Crippen LogP contribution in [0.2, 0.25) is 0 Å². The molecule has 5 heteroatoms. The van der Waals surface area contributed by atoms with Gasteiger partial charge >= 0.3 is 0 Å². The highest BCUT2D eigenvalue weighted by Gasteiger charge is 2.51. The lowest BCUT2D eigenvalue weighted by Gasteiger charge is -2.57. The average molecular weight is 315 g/mol. The maximum Gasteiger partial charge on any atom is 0.222 e. The van der Waals surface area contributed by atoms with Crippen LogP contribution in [0.4, 0.5) is 0 Å². The Labute approximate surface area is 133 Å². The van der Waals surface area contributed by atoms with Crippen molar-refractivity contribution in [2.45, 2.75) is 56.5 Å². The molecule has 4 aliphatic carbocycles. The summed E-state index contributed by atoms with van der Waals surface area (Å²) in [5.41, 5.74) is 0.154. The Morgan fingerprint density at radius 3 is 2.29 bits per heavy atom. The van der Waals surface area contributed by atoms with E-state index in [1.165, 1.54) is 38.5 Å². The van der Waals surface area contributed by atoms with Gasteiger partial charge in [0.15, 0.2) is 0 Å². The van der Waals surface area contributed by atoms with Gasteiger partial charge in [-0.2, -0.15) is 0 Å². The first kappa shape index (κ1) is 15.6. The van der Waals surface area contributed by atoms with Gasteiger partial charge in [0.1, 0.15) is 0 Å². The van der Waals surface area contributed by atoms with Crippen molar-refractivity contribution in [2.24, 2.45) is 17.8 Å². The number of amides is 1. The first-order valence-electron chi connectivity index (χ1n) is 8.33. The lowest BCUT2D eigenvalue weighted by Crippen LogP contribution is -2.60. The maximum absolute atomic E-state index is 12.4. The van der Waals surface area contributed by atoms with E-state index >= 15 is 0 Å². The van der Waals surface area contributed by atoms with E-state index in [0.717, 1.165) is 30.9 Å². The van der Waals surface area contributed by atoms with Gasteiger partial charge in [0, 0.05) is 24.5 Å². The summed E-state index contributed by atoms with van der Waals surface area (Å²) in [5.74, 6) is 2.89. The monoisotopic (exact) mass is 314 g/mol. The number of hydrogen-bond acceptors (Lipinski definition) is 3. The molecule has 120 valence electrons. The second kappa shape index (κ2) is 6.05. The highest BCUT2D eigenvalue weighted by Crippen LogP contribution is 2.55. The van der Waals surface area contributed by atoms with E-state index in [2.05, 4.69) is 10.6 Å². The van der Waals surface area contributed by atoms with Crippen LogP contribution in [0.1, 0.15) is 44.9 Å². The zero-order valence-electron chi connectivity index (χ0n) is 12.6. The summed E-state index contributed by atoms with van der Waals surface area (Å²) in [6, 6.07) is 0.206. The smallest absolute Gasteiger partial charge is 0.222 e. The third-order valence-corrected chi connectivity index (χ3v) is 5.87. The molecule has 4 nitrogen and oxygen atoms in total. The Balaban J connectivity index is 0.00000132. The van der Waals surface area contributed by atoms with Crippen LogP contribution in [0.5, 0.6) is 0 Å². The van der Waals surface area contributed by atoms with Crippen LogP contribution >= 0.6 is 12.4 Å². The lowest BCUT2D eigenvalue weighted by molar-refractivity contribution is -0.128. The number of carbonyl (C=O) groups is 1. The van der Waals surface area contributed by atoms with Crippen LogP contribution in [0.15, 0.2) is 0 Å². The van der Waals surface area contributed by atoms with Crippen LogP contribution in [-0.2, 0) is 9.53 Å². The van der Waals surface area contributed by atoms with E-state index in [0.29, 0.717) is 13.0 Å². The first-order valence-corrected chi connectivity index (χ1v) is 8.33. The molecule has 0 radical (unpaired) electrons. The molecule has 4 bridgehead atoms. The molecule has 5 fully saturated rings. The van der Waals surface area contributed by atoms with Gasteiger partial charge in [-0.15, -0.1) is 12.4 Å². The molecule has 1 amide bonds. The fourth-order valence-corrected chi connectivity index (χ4v) is 5.59. The van der Waals surface area contributed by atoms with Crippen molar-refractivity contribution in [1.29, 1.82) is 0 Å². The second-order valence-electron chi connectivity index (χ2n) is 7.68. The molecule has 0 aromatic carbocycles. The first-order chi connectivity index (χ1) is 9.71. The summed E-state index contributed by atoms with van der Waals surface area (Å²) in [4.78, 5) is 12.4. The highest BCUT2D eigenvalue weighted by atomic mass is 35.5. The van der Waals surface area contributed by atoms with Crippen LogP contribution < -0.4 is 10.6 Å². The van der Waals surface area contributed by atoms with Gasteiger partial charge in [-0.1, -0.05) is 0 Å². The van der Waals surface area contributed by atoms with Gasteiger partial charge in [0.25, 0.3) is 0 Å². The summed E-state index contributed by atoms with van der Waals surface area (Å²) in [5, 5.41) is 6.81. The van der Waals surface area contributed by atoms with Gasteiger partial charge in [-0.3, -0.25) is 4.79 Å². The third kappa shape index (κ3) is 3.22.